The first-order chi connectivity index (χ1) is 9.61. The van der Waals surface area contributed by atoms with Crippen LogP contribution in [0.4, 0.5) is 5.69 Å². The van der Waals surface area contributed by atoms with Crippen LogP contribution in [0.25, 0.3) is 0 Å². The number of aromatic nitrogens is 2. The Labute approximate surface area is 117 Å². The topological polar surface area (TPSA) is 61.9 Å². The Morgan fingerprint density at radius 2 is 2.05 bits per heavy atom. The van der Waals surface area contributed by atoms with Crippen LogP contribution in [-0.2, 0) is 6.54 Å². The van der Waals surface area contributed by atoms with Crippen molar-refractivity contribution >= 4 is 5.69 Å². The van der Waals surface area contributed by atoms with E-state index in [0.29, 0.717) is 0 Å². The van der Waals surface area contributed by atoms with E-state index in [1.807, 2.05) is 49.3 Å². The molecule has 1 aromatic heterocycles. The summed E-state index contributed by atoms with van der Waals surface area (Å²) in [5.74, 6) is -0.383. The van der Waals surface area contributed by atoms with Gasteiger partial charge >= 0.3 is 0 Å². The third-order valence-electron chi connectivity index (χ3n) is 3.08. The predicted molar refractivity (Wildman–Crippen MR) is 77.6 cm³/mol. The van der Waals surface area contributed by atoms with E-state index in [4.69, 9.17) is 0 Å². The van der Waals surface area contributed by atoms with Crippen molar-refractivity contribution in [2.45, 2.75) is 12.5 Å². The third kappa shape index (κ3) is 3.04. The lowest BCUT2D eigenvalue weighted by molar-refractivity contribution is 0.547. The van der Waals surface area contributed by atoms with Crippen LogP contribution in [0.3, 0.4) is 0 Å². The van der Waals surface area contributed by atoms with Gasteiger partial charge in [-0.2, -0.15) is 10.4 Å². The van der Waals surface area contributed by atoms with Crippen molar-refractivity contribution in [1.82, 2.24) is 9.78 Å². The molecule has 0 bridgehead atoms. The third-order valence-corrected chi connectivity index (χ3v) is 3.08. The van der Waals surface area contributed by atoms with E-state index in [-0.39, 0.29) is 18.0 Å². The van der Waals surface area contributed by atoms with Gasteiger partial charge in [-0.15, -0.1) is 0 Å². The molecule has 0 aliphatic carbocycles. The summed E-state index contributed by atoms with van der Waals surface area (Å²) >= 11 is 0. The fraction of sp³-hybridized carbons (Fsp3) is 0.267. The highest BCUT2D eigenvalue weighted by Gasteiger charge is 2.13. The number of rotatable bonds is 4. The average Bonchev–Trinajstić information content (AvgIpc) is 2.46. The number of benzene rings is 1. The minimum Gasteiger partial charge on any atom is -0.376 e. The van der Waals surface area contributed by atoms with Crippen molar-refractivity contribution in [3.05, 3.63) is 58.5 Å². The van der Waals surface area contributed by atoms with Crippen LogP contribution in [-0.4, -0.2) is 23.9 Å². The van der Waals surface area contributed by atoms with Crippen LogP contribution < -0.4 is 10.5 Å². The van der Waals surface area contributed by atoms with Gasteiger partial charge in [-0.1, -0.05) is 30.3 Å². The fourth-order valence-corrected chi connectivity index (χ4v) is 1.88. The molecule has 1 aromatic carbocycles. The first kappa shape index (κ1) is 13.8. The maximum atomic E-state index is 12.0. The average molecular weight is 268 g/mol. The molecule has 1 heterocycles. The quantitative estimate of drug-likeness (QED) is 0.845. The van der Waals surface area contributed by atoms with Gasteiger partial charge in [-0.25, -0.2) is 4.68 Å². The standard InChI is InChI=1S/C15H16N4O/c1-18(2)14-8-15(20)19(17-10-14)11-13(9-16)12-6-4-3-5-7-12/h3-8,10,13H,11H2,1-2H3. The van der Waals surface area contributed by atoms with Crippen molar-refractivity contribution in [2.75, 3.05) is 19.0 Å². The highest BCUT2D eigenvalue weighted by atomic mass is 16.1. The Morgan fingerprint density at radius 1 is 1.35 bits per heavy atom. The van der Waals surface area contributed by atoms with Crippen molar-refractivity contribution in [2.24, 2.45) is 0 Å². The number of hydrogen-bond acceptors (Lipinski definition) is 4. The molecule has 0 saturated carbocycles. The highest BCUT2D eigenvalue weighted by Crippen LogP contribution is 2.16. The number of nitriles is 1. The van der Waals surface area contributed by atoms with Gasteiger partial charge in [0.25, 0.3) is 5.56 Å². The van der Waals surface area contributed by atoms with Gasteiger partial charge in [0.05, 0.1) is 30.4 Å². The van der Waals surface area contributed by atoms with Crippen molar-refractivity contribution in [3.63, 3.8) is 0 Å². The Hall–Kier alpha value is -2.61. The molecule has 0 aliphatic heterocycles. The van der Waals surface area contributed by atoms with Crippen LogP contribution in [0.15, 0.2) is 47.4 Å². The monoisotopic (exact) mass is 268 g/mol. The second-order valence-corrected chi connectivity index (χ2v) is 4.72. The zero-order valence-corrected chi connectivity index (χ0v) is 11.5. The molecule has 102 valence electrons. The molecular formula is C15H16N4O. The molecule has 0 saturated heterocycles. The Kier molecular flexibility index (Phi) is 4.16. The van der Waals surface area contributed by atoms with Gasteiger partial charge in [0.2, 0.25) is 0 Å². The minimum absolute atomic E-state index is 0.201. The second kappa shape index (κ2) is 6.02. The normalized spacial score (nSPS) is 11.7. The van der Waals surface area contributed by atoms with E-state index in [1.165, 1.54) is 10.7 Å². The van der Waals surface area contributed by atoms with Crippen LogP contribution >= 0.6 is 0 Å². The largest absolute Gasteiger partial charge is 0.376 e. The molecule has 1 atom stereocenters. The number of anilines is 1. The van der Waals surface area contributed by atoms with Crippen molar-refractivity contribution < 1.29 is 0 Å². The van der Waals surface area contributed by atoms with E-state index in [0.717, 1.165) is 11.3 Å². The molecule has 0 N–H and O–H groups in total. The van der Waals surface area contributed by atoms with Gasteiger partial charge in [0.15, 0.2) is 0 Å². The van der Waals surface area contributed by atoms with Gasteiger partial charge < -0.3 is 4.90 Å². The summed E-state index contributed by atoms with van der Waals surface area (Å²) in [6.07, 6.45) is 1.63. The summed E-state index contributed by atoms with van der Waals surface area (Å²) in [5.41, 5.74) is 1.44. The lowest BCUT2D eigenvalue weighted by atomic mass is 10.0. The van der Waals surface area contributed by atoms with E-state index in [1.54, 1.807) is 6.20 Å². The zero-order chi connectivity index (χ0) is 14.5. The molecule has 0 fully saturated rings. The summed E-state index contributed by atoms with van der Waals surface area (Å²) < 4.78 is 1.33. The summed E-state index contributed by atoms with van der Waals surface area (Å²) in [5, 5.41) is 13.4. The van der Waals surface area contributed by atoms with Gasteiger partial charge in [-0.3, -0.25) is 4.79 Å². The molecular weight excluding hydrogens is 252 g/mol. The molecule has 0 amide bonds. The molecule has 2 aromatic rings. The zero-order valence-electron chi connectivity index (χ0n) is 11.5. The van der Waals surface area contributed by atoms with Crippen molar-refractivity contribution in [1.29, 1.82) is 5.26 Å². The van der Waals surface area contributed by atoms with Crippen LogP contribution in [0.1, 0.15) is 11.5 Å². The van der Waals surface area contributed by atoms with Crippen LogP contribution in [0.5, 0.6) is 0 Å². The van der Waals surface area contributed by atoms with Crippen molar-refractivity contribution in [3.8, 4) is 6.07 Å². The Bertz CT molecular complexity index is 670. The van der Waals surface area contributed by atoms with E-state index >= 15 is 0 Å². The van der Waals surface area contributed by atoms with E-state index in [2.05, 4.69) is 11.2 Å². The molecule has 2 rings (SSSR count). The first-order valence-electron chi connectivity index (χ1n) is 6.31. The van der Waals surface area contributed by atoms with Gasteiger partial charge in [-0.05, 0) is 5.56 Å². The van der Waals surface area contributed by atoms with E-state index < -0.39 is 0 Å². The molecule has 5 heteroatoms. The maximum absolute atomic E-state index is 12.0. The summed E-state index contributed by atoms with van der Waals surface area (Å²) in [4.78, 5) is 13.8. The summed E-state index contributed by atoms with van der Waals surface area (Å²) in [6.45, 7) is 0.257. The predicted octanol–water partition coefficient (Wildman–Crippen LogP) is 1.62. The Balaban J connectivity index is 2.25. The molecule has 20 heavy (non-hydrogen) atoms. The lowest BCUT2D eigenvalue weighted by Gasteiger charge is -2.14. The molecule has 5 nitrogen and oxygen atoms in total. The lowest BCUT2D eigenvalue weighted by Crippen LogP contribution is -2.26. The minimum atomic E-state index is -0.383. The number of nitrogens with zero attached hydrogens (tertiary/aromatic N) is 4. The van der Waals surface area contributed by atoms with E-state index in [9.17, 15) is 10.1 Å². The molecule has 0 spiro atoms. The maximum Gasteiger partial charge on any atom is 0.268 e. The second-order valence-electron chi connectivity index (χ2n) is 4.72. The summed E-state index contributed by atoms with van der Waals surface area (Å²) in [7, 11) is 3.70. The van der Waals surface area contributed by atoms with Gasteiger partial charge in [0.1, 0.15) is 0 Å². The molecule has 0 aliphatic rings. The fourth-order valence-electron chi connectivity index (χ4n) is 1.88. The summed E-state index contributed by atoms with van der Waals surface area (Å²) in [6, 6.07) is 13.2. The number of hydrogen-bond donors (Lipinski definition) is 0. The van der Waals surface area contributed by atoms with Crippen LogP contribution in [0.2, 0.25) is 0 Å². The highest BCUT2D eigenvalue weighted by molar-refractivity contribution is 5.40. The molecule has 0 radical (unpaired) electrons. The first-order valence-corrected chi connectivity index (χ1v) is 6.31. The smallest absolute Gasteiger partial charge is 0.268 e. The van der Waals surface area contributed by atoms with Gasteiger partial charge in [0, 0.05) is 20.2 Å². The van der Waals surface area contributed by atoms with Crippen LogP contribution in [0, 0.1) is 11.3 Å². The Morgan fingerprint density at radius 3 is 2.60 bits per heavy atom. The SMILES string of the molecule is CN(C)c1cnn(CC(C#N)c2ccccc2)c(=O)c1. The molecule has 1 unspecified atom stereocenters.